The molecule has 21 heavy (non-hydrogen) atoms. The fraction of sp³-hybridized carbons (Fsp3) is 0.588. The summed E-state index contributed by atoms with van der Waals surface area (Å²) in [4.78, 5) is 12.1. The molecule has 2 unspecified atom stereocenters. The quantitative estimate of drug-likeness (QED) is 0.643. The predicted octanol–water partition coefficient (Wildman–Crippen LogP) is 3.68. The van der Waals surface area contributed by atoms with E-state index < -0.39 is 8.07 Å². The van der Waals surface area contributed by atoms with Gasteiger partial charge in [0.15, 0.2) is 0 Å². The van der Waals surface area contributed by atoms with Gasteiger partial charge in [-0.2, -0.15) is 0 Å². The summed E-state index contributed by atoms with van der Waals surface area (Å²) in [5.74, 6) is 0.269. The zero-order valence-corrected chi connectivity index (χ0v) is 14.9. The highest BCUT2D eigenvalue weighted by Gasteiger charge is 2.31. The van der Waals surface area contributed by atoms with Gasteiger partial charge in [-0.15, -0.1) is 0 Å². The van der Waals surface area contributed by atoms with Gasteiger partial charge in [0.1, 0.15) is 6.04 Å². The average molecular weight is 309 g/mol. The van der Waals surface area contributed by atoms with Crippen LogP contribution in [0.4, 0.5) is 0 Å². The standard InChI is InChI=1S/C17H28NO2P/c1-13(2)12-15(16(19)20-6)18-21(17(3,4)5)14-10-8-7-9-11-14/h7-11,13,15,18H,12H2,1-6H3. The Hall–Kier alpha value is -0.920. The van der Waals surface area contributed by atoms with E-state index >= 15 is 0 Å². The van der Waals surface area contributed by atoms with Crippen molar-refractivity contribution in [2.45, 2.75) is 52.2 Å². The summed E-state index contributed by atoms with van der Waals surface area (Å²) in [5, 5.41) is 4.91. The van der Waals surface area contributed by atoms with Crippen LogP contribution in [0.25, 0.3) is 0 Å². The zero-order chi connectivity index (χ0) is 16.0. The largest absolute Gasteiger partial charge is 0.468 e. The predicted molar refractivity (Wildman–Crippen MR) is 91.1 cm³/mol. The number of benzene rings is 1. The van der Waals surface area contributed by atoms with Crippen molar-refractivity contribution in [1.29, 1.82) is 0 Å². The molecule has 0 heterocycles. The van der Waals surface area contributed by atoms with Crippen LogP contribution in [0.3, 0.4) is 0 Å². The van der Waals surface area contributed by atoms with Gasteiger partial charge in [-0.05, 0) is 30.9 Å². The van der Waals surface area contributed by atoms with E-state index in [2.05, 4.69) is 51.8 Å². The molecular formula is C17H28NO2P. The summed E-state index contributed by atoms with van der Waals surface area (Å²) in [6.45, 7) is 10.9. The molecule has 1 rings (SSSR count). The van der Waals surface area contributed by atoms with Gasteiger partial charge in [0.2, 0.25) is 0 Å². The maximum absolute atomic E-state index is 12.1. The molecule has 0 aromatic heterocycles. The maximum Gasteiger partial charge on any atom is 0.323 e. The van der Waals surface area contributed by atoms with Crippen LogP contribution in [-0.4, -0.2) is 24.3 Å². The normalized spacial score (nSPS) is 14.8. The van der Waals surface area contributed by atoms with E-state index in [-0.39, 0.29) is 17.2 Å². The van der Waals surface area contributed by atoms with Crippen LogP contribution in [-0.2, 0) is 9.53 Å². The van der Waals surface area contributed by atoms with Crippen molar-refractivity contribution < 1.29 is 9.53 Å². The number of carbonyl (C=O) groups excluding carboxylic acids is 1. The van der Waals surface area contributed by atoms with E-state index in [0.29, 0.717) is 5.92 Å². The van der Waals surface area contributed by atoms with Gasteiger partial charge in [-0.25, -0.2) is 0 Å². The average Bonchev–Trinajstić information content (AvgIpc) is 2.41. The van der Waals surface area contributed by atoms with Crippen molar-refractivity contribution in [2.75, 3.05) is 7.11 Å². The molecule has 0 aliphatic heterocycles. The van der Waals surface area contributed by atoms with Gasteiger partial charge < -0.3 is 4.74 Å². The lowest BCUT2D eigenvalue weighted by atomic mass is 10.1. The third kappa shape index (κ3) is 5.76. The molecule has 118 valence electrons. The van der Waals surface area contributed by atoms with Gasteiger partial charge in [0.25, 0.3) is 0 Å². The van der Waals surface area contributed by atoms with Crippen molar-refractivity contribution in [3.63, 3.8) is 0 Å². The van der Waals surface area contributed by atoms with E-state index in [1.165, 1.54) is 12.4 Å². The molecule has 1 aromatic carbocycles. The van der Waals surface area contributed by atoms with Crippen LogP contribution in [0.5, 0.6) is 0 Å². The van der Waals surface area contributed by atoms with E-state index in [1.807, 2.05) is 18.2 Å². The Balaban J connectivity index is 3.01. The van der Waals surface area contributed by atoms with Gasteiger partial charge in [0, 0.05) is 0 Å². The molecule has 0 aliphatic rings. The van der Waals surface area contributed by atoms with Crippen molar-refractivity contribution in [3.05, 3.63) is 30.3 Å². The molecule has 4 heteroatoms. The fourth-order valence-electron chi connectivity index (χ4n) is 2.20. The Morgan fingerprint density at radius 3 is 2.24 bits per heavy atom. The van der Waals surface area contributed by atoms with E-state index in [9.17, 15) is 4.79 Å². The fourth-order valence-corrected chi connectivity index (χ4v) is 4.51. The molecule has 0 bridgehead atoms. The van der Waals surface area contributed by atoms with Gasteiger partial charge >= 0.3 is 5.97 Å². The third-order valence-corrected chi connectivity index (χ3v) is 5.89. The third-order valence-electron chi connectivity index (χ3n) is 3.16. The second kappa shape index (κ2) is 7.91. The first-order chi connectivity index (χ1) is 9.75. The molecule has 0 spiro atoms. The Morgan fingerprint density at radius 2 is 1.81 bits per heavy atom. The molecule has 1 N–H and O–H groups in total. The second-order valence-electron chi connectivity index (χ2n) is 6.68. The summed E-state index contributed by atoms with van der Waals surface area (Å²) in [6, 6.07) is 10.1. The maximum atomic E-state index is 12.1. The molecule has 3 nitrogen and oxygen atoms in total. The lowest BCUT2D eigenvalue weighted by Crippen LogP contribution is -2.41. The Kier molecular flexibility index (Phi) is 6.83. The van der Waals surface area contributed by atoms with Crippen LogP contribution >= 0.6 is 8.07 Å². The minimum Gasteiger partial charge on any atom is -0.468 e. The lowest BCUT2D eigenvalue weighted by Gasteiger charge is -2.35. The summed E-state index contributed by atoms with van der Waals surface area (Å²) in [6.07, 6.45) is 0.786. The number of ether oxygens (including phenoxy) is 1. The molecular weight excluding hydrogens is 281 g/mol. The number of esters is 1. The highest BCUT2D eigenvalue weighted by molar-refractivity contribution is 7.65. The van der Waals surface area contributed by atoms with Crippen molar-refractivity contribution in [3.8, 4) is 0 Å². The minimum atomic E-state index is -0.656. The summed E-state index contributed by atoms with van der Waals surface area (Å²) in [7, 11) is 0.802. The molecule has 0 saturated carbocycles. The van der Waals surface area contributed by atoms with Gasteiger partial charge in [-0.3, -0.25) is 9.88 Å². The minimum absolute atomic E-state index is 0.0694. The topological polar surface area (TPSA) is 38.3 Å². The molecule has 0 radical (unpaired) electrons. The first-order valence-electron chi connectivity index (χ1n) is 7.45. The zero-order valence-electron chi connectivity index (χ0n) is 14.0. The van der Waals surface area contributed by atoms with Crippen molar-refractivity contribution >= 4 is 19.3 Å². The van der Waals surface area contributed by atoms with Crippen molar-refractivity contribution in [1.82, 2.24) is 5.09 Å². The summed E-state index contributed by atoms with van der Waals surface area (Å²) < 4.78 is 4.97. The number of hydrogen-bond donors (Lipinski definition) is 1. The Bertz CT molecular complexity index is 440. The van der Waals surface area contributed by atoms with E-state index in [1.54, 1.807) is 0 Å². The van der Waals surface area contributed by atoms with Crippen LogP contribution < -0.4 is 10.4 Å². The summed E-state index contributed by atoms with van der Waals surface area (Å²) in [5.41, 5.74) is 0. The molecule has 1 aromatic rings. The highest BCUT2D eigenvalue weighted by Crippen LogP contribution is 2.45. The second-order valence-corrected chi connectivity index (χ2v) is 9.46. The smallest absolute Gasteiger partial charge is 0.323 e. The molecule has 0 saturated heterocycles. The number of carbonyl (C=O) groups is 1. The molecule has 0 aliphatic carbocycles. The number of methoxy groups -OCH3 is 1. The molecule has 0 amide bonds. The Morgan fingerprint density at radius 1 is 1.24 bits per heavy atom. The Labute approximate surface area is 130 Å². The number of rotatable bonds is 6. The summed E-state index contributed by atoms with van der Waals surface area (Å²) >= 11 is 0. The first-order valence-corrected chi connectivity index (χ1v) is 8.79. The van der Waals surface area contributed by atoms with E-state index in [4.69, 9.17) is 4.74 Å². The van der Waals surface area contributed by atoms with Gasteiger partial charge in [0.05, 0.1) is 7.11 Å². The van der Waals surface area contributed by atoms with Crippen LogP contribution in [0, 0.1) is 5.92 Å². The van der Waals surface area contributed by atoms with Gasteiger partial charge in [-0.1, -0.05) is 65.0 Å². The SMILES string of the molecule is COC(=O)C(CC(C)C)NP(c1ccccc1)C(C)(C)C. The number of hydrogen-bond acceptors (Lipinski definition) is 3. The lowest BCUT2D eigenvalue weighted by molar-refractivity contribution is -0.143. The van der Waals surface area contributed by atoms with Crippen LogP contribution in [0.2, 0.25) is 0 Å². The van der Waals surface area contributed by atoms with Crippen molar-refractivity contribution in [2.24, 2.45) is 5.92 Å². The number of nitrogens with one attached hydrogen (secondary N) is 1. The molecule has 2 atom stereocenters. The van der Waals surface area contributed by atoms with E-state index in [0.717, 1.165) is 6.42 Å². The van der Waals surface area contributed by atoms with Crippen LogP contribution in [0.1, 0.15) is 41.0 Å². The first kappa shape index (κ1) is 18.1. The van der Waals surface area contributed by atoms with Crippen LogP contribution in [0.15, 0.2) is 30.3 Å². The highest BCUT2D eigenvalue weighted by atomic mass is 31.1. The monoisotopic (exact) mass is 309 g/mol. The molecule has 0 fully saturated rings.